The number of amides is 3. The van der Waals surface area contributed by atoms with E-state index >= 15 is 0 Å². The number of thiazole rings is 1. The zero-order valence-electron chi connectivity index (χ0n) is 25.7. The third-order valence-electron chi connectivity index (χ3n) is 7.29. The molecule has 0 bridgehead atoms. The average Bonchev–Trinajstić information content (AvgIpc) is 3.44. The van der Waals surface area contributed by atoms with Crippen molar-refractivity contribution in [1.82, 2.24) is 15.2 Å². The molecule has 3 amide bonds. The number of ether oxygens (including phenoxy) is 2. The summed E-state index contributed by atoms with van der Waals surface area (Å²) in [6.45, 7) is 12.0. The molecule has 0 aliphatic carbocycles. The van der Waals surface area contributed by atoms with Crippen molar-refractivity contribution in [3.63, 3.8) is 0 Å². The maximum absolute atomic E-state index is 12.9. The van der Waals surface area contributed by atoms with Crippen LogP contribution >= 0.6 is 11.3 Å². The van der Waals surface area contributed by atoms with Crippen molar-refractivity contribution in [2.24, 2.45) is 5.92 Å². The molecule has 0 spiro atoms. The minimum atomic E-state index is -0.247. The number of rotatable bonds is 13. The first kappa shape index (κ1) is 32.2. The van der Waals surface area contributed by atoms with E-state index < -0.39 is 0 Å². The fourth-order valence-electron chi connectivity index (χ4n) is 5.00. The second-order valence-electron chi connectivity index (χ2n) is 11.1. The second-order valence-corrected chi connectivity index (χ2v) is 12.1. The molecule has 0 unspecified atom stereocenters. The van der Waals surface area contributed by atoms with Crippen molar-refractivity contribution >= 4 is 39.7 Å². The molecule has 1 aliphatic heterocycles. The van der Waals surface area contributed by atoms with E-state index in [-0.39, 0.29) is 18.0 Å². The second kappa shape index (κ2) is 15.7. The number of urea groups is 1. The zero-order valence-corrected chi connectivity index (χ0v) is 26.6. The van der Waals surface area contributed by atoms with Crippen molar-refractivity contribution in [2.45, 2.75) is 59.6 Å². The molecule has 0 saturated carbocycles. The Morgan fingerprint density at radius 2 is 1.84 bits per heavy atom. The molecule has 0 fully saturated rings. The van der Waals surface area contributed by atoms with Crippen LogP contribution in [0.15, 0.2) is 54.7 Å². The van der Waals surface area contributed by atoms with E-state index in [0.717, 1.165) is 50.0 Å². The van der Waals surface area contributed by atoms with Gasteiger partial charge in [-0.15, -0.1) is 0 Å². The topological polar surface area (TPSA) is 105 Å². The number of nitrogens with zero attached hydrogens (tertiary/aromatic N) is 2. The number of aromatic nitrogens is 1. The number of benzene rings is 2. The summed E-state index contributed by atoms with van der Waals surface area (Å²) in [5.74, 6) is 1.01. The van der Waals surface area contributed by atoms with Crippen LogP contribution in [0.5, 0.6) is 10.8 Å². The molecule has 9 nitrogen and oxygen atoms in total. The van der Waals surface area contributed by atoms with E-state index in [2.05, 4.69) is 45.8 Å². The van der Waals surface area contributed by atoms with Gasteiger partial charge in [-0.3, -0.25) is 15.0 Å². The number of nitrogens with one attached hydrogen (secondary N) is 3. The zero-order chi connectivity index (χ0) is 30.8. The SMILES string of the molecule is CCC(CC)NC(=O)Nc1ccc(Oc2cnc(NC(=O)c3ccc(C4=CCN(CC(C)C)CC4)cc3)s2)c(COC)c1. The molecule has 0 radical (unpaired) electrons. The number of carbonyl (C=O) groups is 2. The van der Waals surface area contributed by atoms with Crippen molar-refractivity contribution in [2.75, 3.05) is 37.4 Å². The normalized spacial score (nSPS) is 13.6. The highest BCUT2D eigenvalue weighted by Crippen LogP contribution is 2.34. The molecule has 1 aromatic heterocycles. The Hall–Kier alpha value is -3.73. The highest BCUT2D eigenvalue weighted by molar-refractivity contribution is 7.17. The summed E-state index contributed by atoms with van der Waals surface area (Å²) >= 11 is 1.23. The van der Waals surface area contributed by atoms with Crippen LogP contribution in [0.4, 0.5) is 15.6 Å². The highest BCUT2D eigenvalue weighted by Gasteiger charge is 2.16. The van der Waals surface area contributed by atoms with E-state index in [1.807, 2.05) is 44.2 Å². The number of carbonyl (C=O) groups excluding carboxylic acids is 2. The summed E-state index contributed by atoms with van der Waals surface area (Å²) in [5.41, 5.74) is 4.46. The predicted octanol–water partition coefficient (Wildman–Crippen LogP) is 7.39. The van der Waals surface area contributed by atoms with Crippen molar-refractivity contribution in [3.05, 3.63) is 71.4 Å². The molecule has 2 heterocycles. The quantitative estimate of drug-likeness (QED) is 0.188. The average molecular weight is 606 g/mol. The smallest absolute Gasteiger partial charge is 0.319 e. The van der Waals surface area contributed by atoms with E-state index in [0.29, 0.717) is 39.7 Å². The fourth-order valence-corrected chi connectivity index (χ4v) is 5.68. The molecular formula is C33H43N5O4S. The van der Waals surface area contributed by atoms with Gasteiger partial charge in [0.05, 0.1) is 12.8 Å². The molecule has 43 heavy (non-hydrogen) atoms. The van der Waals surface area contributed by atoms with Gasteiger partial charge in [-0.2, -0.15) is 0 Å². The van der Waals surface area contributed by atoms with Crippen molar-refractivity contribution < 1.29 is 19.1 Å². The van der Waals surface area contributed by atoms with Gasteiger partial charge in [0.2, 0.25) is 5.06 Å². The Labute approximate surface area is 258 Å². The van der Waals surface area contributed by atoms with Gasteiger partial charge in [0, 0.05) is 49.6 Å². The minimum absolute atomic E-state index is 0.127. The number of anilines is 2. The number of hydrogen-bond donors (Lipinski definition) is 3. The van der Waals surface area contributed by atoms with Gasteiger partial charge >= 0.3 is 6.03 Å². The lowest BCUT2D eigenvalue weighted by Crippen LogP contribution is -2.37. The van der Waals surface area contributed by atoms with Crippen LogP contribution in [0.25, 0.3) is 5.57 Å². The Balaban J connectivity index is 1.34. The van der Waals surface area contributed by atoms with Crippen LogP contribution in [0, 0.1) is 5.92 Å². The van der Waals surface area contributed by atoms with E-state index in [4.69, 9.17) is 9.47 Å². The molecule has 230 valence electrons. The monoisotopic (exact) mass is 605 g/mol. The highest BCUT2D eigenvalue weighted by atomic mass is 32.1. The Bertz CT molecular complexity index is 1400. The molecule has 2 aromatic carbocycles. The molecule has 0 saturated heterocycles. The summed E-state index contributed by atoms with van der Waals surface area (Å²) < 4.78 is 11.4. The summed E-state index contributed by atoms with van der Waals surface area (Å²) in [6, 6.07) is 13.0. The van der Waals surface area contributed by atoms with E-state index in [1.54, 1.807) is 25.4 Å². The fraction of sp³-hybridized carbons (Fsp3) is 0.424. The molecule has 3 N–H and O–H groups in total. The minimum Gasteiger partial charge on any atom is -0.445 e. The largest absolute Gasteiger partial charge is 0.445 e. The summed E-state index contributed by atoms with van der Waals surface area (Å²) in [7, 11) is 1.60. The summed E-state index contributed by atoms with van der Waals surface area (Å²) in [5, 5.41) is 9.67. The third-order valence-corrected chi connectivity index (χ3v) is 8.08. The summed E-state index contributed by atoms with van der Waals surface area (Å²) in [6.07, 6.45) is 6.62. The third kappa shape index (κ3) is 9.38. The Morgan fingerprint density at radius 3 is 2.49 bits per heavy atom. The maximum atomic E-state index is 12.9. The molecule has 1 aliphatic rings. The molecule has 0 atom stereocenters. The Kier molecular flexibility index (Phi) is 11.7. The van der Waals surface area contributed by atoms with Crippen LogP contribution in [0.3, 0.4) is 0 Å². The first-order valence-electron chi connectivity index (χ1n) is 14.9. The number of methoxy groups -OCH3 is 1. The molecular weight excluding hydrogens is 562 g/mol. The first-order chi connectivity index (χ1) is 20.8. The summed E-state index contributed by atoms with van der Waals surface area (Å²) in [4.78, 5) is 32.1. The van der Waals surface area contributed by atoms with Gasteiger partial charge in [-0.1, -0.05) is 57.2 Å². The van der Waals surface area contributed by atoms with Crippen LogP contribution in [-0.4, -0.2) is 54.6 Å². The molecule has 3 aromatic rings. The standard InChI is InChI=1S/C33H43N5O4S/c1-6-27(7-2)35-32(40)36-28-12-13-29(26(18-28)21-41-5)42-30-19-34-33(43-30)37-31(39)25-10-8-23(9-11-25)24-14-16-38(17-15-24)20-22(3)4/h8-14,18-19,22,27H,6-7,15-17,20-21H2,1-5H3,(H,34,37,39)(H2,35,36,40). The molecule has 10 heteroatoms. The maximum Gasteiger partial charge on any atom is 0.319 e. The van der Waals surface area contributed by atoms with Crippen LogP contribution < -0.4 is 20.7 Å². The van der Waals surface area contributed by atoms with Gasteiger partial charge in [0.1, 0.15) is 5.75 Å². The van der Waals surface area contributed by atoms with Crippen molar-refractivity contribution in [1.29, 1.82) is 0 Å². The van der Waals surface area contributed by atoms with Gasteiger partial charge in [-0.05, 0) is 66.6 Å². The van der Waals surface area contributed by atoms with Gasteiger partial charge < -0.3 is 20.1 Å². The lowest BCUT2D eigenvalue weighted by Gasteiger charge is -2.27. The van der Waals surface area contributed by atoms with Gasteiger partial charge in [-0.25, -0.2) is 9.78 Å². The predicted molar refractivity (Wildman–Crippen MR) is 174 cm³/mol. The van der Waals surface area contributed by atoms with Crippen molar-refractivity contribution in [3.8, 4) is 10.8 Å². The van der Waals surface area contributed by atoms with E-state index in [9.17, 15) is 9.59 Å². The lowest BCUT2D eigenvalue weighted by atomic mass is 9.98. The number of hydrogen-bond acceptors (Lipinski definition) is 7. The van der Waals surface area contributed by atoms with Crippen LogP contribution in [0.1, 0.15) is 68.4 Å². The van der Waals surface area contributed by atoms with Gasteiger partial charge in [0.15, 0.2) is 5.13 Å². The first-order valence-corrected chi connectivity index (χ1v) is 15.8. The lowest BCUT2D eigenvalue weighted by molar-refractivity contribution is 0.102. The molecule has 4 rings (SSSR count). The van der Waals surface area contributed by atoms with Crippen LogP contribution in [0.2, 0.25) is 0 Å². The van der Waals surface area contributed by atoms with Gasteiger partial charge in [0.25, 0.3) is 5.91 Å². The Morgan fingerprint density at radius 1 is 1.07 bits per heavy atom. The van der Waals surface area contributed by atoms with Crippen LogP contribution in [-0.2, 0) is 11.3 Å². The van der Waals surface area contributed by atoms with E-state index in [1.165, 1.54) is 16.9 Å².